The van der Waals surface area contributed by atoms with Crippen LogP contribution in [0.25, 0.3) is 0 Å². The van der Waals surface area contributed by atoms with Gasteiger partial charge in [-0.3, -0.25) is 4.79 Å². The molecule has 120 valence electrons. The summed E-state index contributed by atoms with van der Waals surface area (Å²) in [6.07, 6.45) is 2.71. The molecule has 0 bridgehead atoms. The SMILES string of the molecule is CC(C)(C)CCN1C(=O)C2(CCNCC2)Nc2ccccc21. The Bertz CT molecular complexity index is 556. The zero-order chi connectivity index (χ0) is 15.8. The van der Waals surface area contributed by atoms with Crippen LogP contribution in [0.4, 0.5) is 11.4 Å². The van der Waals surface area contributed by atoms with E-state index in [1.54, 1.807) is 0 Å². The quantitative estimate of drug-likeness (QED) is 0.882. The molecule has 4 nitrogen and oxygen atoms in total. The van der Waals surface area contributed by atoms with Crippen molar-refractivity contribution < 1.29 is 4.79 Å². The van der Waals surface area contributed by atoms with Gasteiger partial charge < -0.3 is 15.5 Å². The normalized spacial score (nSPS) is 20.7. The summed E-state index contributed by atoms with van der Waals surface area (Å²) >= 11 is 0. The molecular weight excluding hydrogens is 274 g/mol. The number of nitrogens with zero attached hydrogens (tertiary/aromatic N) is 1. The third kappa shape index (κ3) is 2.84. The minimum absolute atomic E-state index is 0.224. The first-order valence-electron chi connectivity index (χ1n) is 8.31. The van der Waals surface area contributed by atoms with Crippen LogP contribution >= 0.6 is 0 Å². The molecular formula is C18H27N3O. The second-order valence-electron chi connectivity index (χ2n) is 7.74. The summed E-state index contributed by atoms with van der Waals surface area (Å²) in [4.78, 5) is 15.2. The standard InChI is InChI=1S/C18H27N3O/c1-17(2,3)10-13-21-15-7-5-4-6-14(15)20-18(16(21)22)8-11-19-12-9-18/h4-7,19-20H,8-13H2,1-3H3. The molecule has 2 N–H and O–H groups in total. The first-order valence-corrected chi connectivity index (χ1v) is 8.31. The Balaban J connectivity index is 1.93. The predicted octanol–water partition coefficient (Wildman–Crippen LogP) is 3.00. The van der Waals surface area contributed by atoms with Gasteiger partial charge in [-0.2, -0.15) is 0 Å². The van der Waals surface area contributed by atoms with Crippen LogP contribution in [0.1, 0.15) is 40.0 Å². The van der Waals surface area contributed by atoms with Gasteiger partial charge in [0.1, 0.15) is 5.54 Å². The van der Waals surface area contributed by atoms with E-state index < -0.39 is 5.54 Å². The summed E-state index contributed by atoms with van der Waals surface area (Å²) in [5.41, 5.74) is 1.93. The van der Waals surface area contributed by atoms with Crippen LogP contribution in [-0.4, -0.2) is 31.1 Å². The van der Waals surface area contributed by atoms with Crippen molar-refractivity contribution in [2.75, 3.05) is 29.9 Å². The fourth-order valence-corrected chi connectivity index (χ4v) is 3.36. The average Bonchev–Trinajstić information content (AvgIpc) is 2.48. The Hall–Kier alpha value is -1.55. The number of carbonyl (C=O) groups excluding carboxylic acids is 1. The maximum Gasteiger partial charge on any atom is 0.252 e. The lowest BCUT2D eigenvalue weighted by Crippen LogP contribution is -2.61. The van der Waals surface area contributed by atoms with Crippen LogP contribution in [0.15, 0.2) is 24.3 Å². The molecule has 2 aliphatic rings. The lowest BCUT2D eigenvalue weighted by molar-refractivity contribution is -0.124. The highest BCUT2D eigenvalue weighted by molar-refractivity contribution is 6.08. The second-order valence-corrected chi connectivity index (χ2v) is 7.74. The van der Waals surface area contributed by atoms with Gasteiger partial charge in [0, 0.05) is 6.54 Å². The molecule has 1 aromatic rings. The minimum Gasteiger partial charge on any atom is -0.369 e. The lowest BCUT2D eigenvalue weighted by Gasteiger charge is -2.46. The van der Waals surface area contributed by atoms with Crippen molar-refractivity contribution in [2.24, 2.45) is 5.41 Å². The fraction of sp³-hybridized carbons (Fsp3) is 0.611. The molecule has 0 aliphatic carbocycles. The largest absolute Gasteiger partial charge is 0.369 e. The third-order valence-electron chi connectivity index (χ3n) is 4.77. The van der Waals surface area contributed by atoms with Crippen molar-refractivity contribution in [3.8, 4) is 0 Å². The number of carbonyl (C=O) groups is 1. The smallest absolute Gasteiger partial charge is 0.252 e. The first-order chi connectivity index (χ1) is 10.4. The van der Waals surface area contributed by atoms with E-state index in [-0.39, 0.29) is 11.3 Å². The Labute approximate surface area is 133 Å². The van der Waals surface area contributed by atoms with Crippen molar-refractivity contribution in [1.82, 2.24) is 5.32 Å². The molecule has 2 heterocycles. The van der Waals surface area contributed by atoms with Gasteiger partial charge in [-0.15, -0.1) is 0 Å². The summed E-state index contributed by atoms with van der Waals surface area (Å²) in [6.45, 7) is 9.27. The molecule has 0 atom stereocenters. The Morgan fingerprint density at radius 1 is 1.18 bits per heavy atom. The molecule has 0 radical (unpaired) electrons. The third-order valence-corrected chi connectivity index (χ3v) is 4.77. The van der Waals surface area contributed by atoms with Gasteiger partial charge in [-0.1, -0.05) is 32.9 Å². The van der Waals surface area contributed by atoms with Crippen LogP contribution in [0, 0.1) is 5.41 Å². The van der Waals surface area contributed by atoms with E-state index in [4.69, 9.17) is 0 Å². The summed E-state index contributed by atoms with van der Waals surface area (Å²) < 4.78 is 0. The minimum atomic E-state index is -0.419. The summed E-state index contributed by atoms with van der Waals surface area (Å²) in [7, 11) is 0. The summed E-state index contributed by atoms with van der Waals surface area (Å²) in [6, 6.07) is 8.20. The number of hydrogen-bond donors (Lipinski definition) is 2. The number of amides is 1. The molecule has 0 unspecified atom stereocenters. The number of para-hydroxylation sites is 2. The number of rotatable bonds is 2. The molecule has 1 saturated heterocycles. The van der Waals surface area contributed by atoms with Crippen molar-refractivity contribution in [2.45, 2.75) is 45.6 Å². The van der Waals surface area contributed by atoms with Gasteiger partial charge in [0.25, 0.3) is 5.91 Å². The summed E-state index contributed by atoms with van der Waals surface area (Å²) in [5, 5.41) is 6.92. The highest BCUT2D eigenvalue weighted by Crippen LogP contribution is 2.39. The van der Waals surface area contributed by atoms with E-state index in [1.807, 2.05) is 17.0 Å². The summed E-state index contributed by atoms with van der Waals surface area (Å²) in [5.74, 6) is 0.247. The van der Waals surface area contributed by atoms with Crippen LogP contribution in [0.2, 0.25) is 0 Å². The number of nitrogens with one attached hydrogen (secondary N) is 2. The van der Waals surface area contributed by atoms with Crippen LogP contribution in [0.3, 0.4) is 0 Å². The van der Waals surface area contributed by atoms with Gasteiger partial charge in [-0.05, 0) is 49.9 Å². The highest BCUT2D eigenvalue weighted by atomic mass is 16.2. The van der Waals surface area contributed by atoms with Gasteiger partial charge in [0.15, 0.2) is 0 Å². The Morgan fingerprint density at radius 3 is 2.55 bits per heavy atom. The molecule has 22 heavy (non-hydrogen) atoms. The van der Waals surface area contributed by atoms with E-state index in [0.717, 1.165) is 50.3 Å². The predicted molar refractivity (Wildman–Crippen MR) is 91.3 cm³/mol. The molecule has 1 spiro atoms. The van der Waals surface area contributed by atoms with Crippen LogP contribution in [0.5, 0.6) is 0 Å². The van der Waals surface area contributed by atoms with Gasteiger partial charge >= 0.3 is 0 Å². The average molecular weight is 301 g/mol. The van der Waals surface area contributed by atoms with Crippen molar-refractivity contribution >= 4 is 17.3 Å². The van der Waals surface area contributed by atoms with Crippen molar-refractivity contribution in [1.29, 1.82) is 0 Å². The molecule has 1 aromatic carbocycles. The molecule has 4 heteroatoms. The van der Waals surface area contributed by atoms with Crippen molar-refractivity contribution in [3.05, 3.63) is 24.3 Å². The van der Waals surface area contributed by atoms with Gasteiger partial charge in [0.2, 0.25) is 0 Å². The van der Waals surface area contributed by atoms with E-state index in [9.17, 15) is 4.79 Å². The number of benzene rings is 1. The monoisotopic (exact) mass is 301 g/mol. The molecule has 0 aromatic heterocycles. The Kier molecular flexibility index (Phi) is 3.89. The van der Waals surface area contributed by atoms with Gasteiger partial charge in [-0.25, -0.2) is 0 Å². The number of fused-ring (bicyclic) bond motifs is 1. The molecule has 3 rings (SSSR count). The zero-order valence-corrected chi connectivity index (χ0v) is 13.9. The lowest BCUT2D eigenvalue weighted by atomic mass is 9.83. The number of piperidine rings is 1. The van der Waals surface area contributed by atoms with E-state index >= 15 is 0 Å². The molecule has 1 fully saturated rings. The maximum absolute atomic E-state index is 13.2. The fourth-order valence-electron chi connectivity index (χ4n) is 3.36. The Morgan fingerprint density at radius 2 is 1.86 bits per heavy atom. The van der Waals surface area contributed by atoms with E-state index in [2.05, 4.69) is 43.5 Å². The first kappa shape index (κ1) is 15.3. The van der Waals surface area contributed by atoms with Crippen LogP contribution < -0.4 is 15.5 Å². The number of anilines is 2. The van der Waals surface area contributed by atoms with Crippen molar-refractivity contribution in [3.63, 3.8) is 0 Å². The second kappa shape index (κ2) is 5.58. The van der Waals surface area contributed by atoms with Gasteiger partial charge in [0.05, 0.1) is 11.4 Å². The van der Waals surface area contributed by atoms with E-state index in [0.29, 0.717) is 0 Å². The molecule has 0 saturated carbocycles. The highest BCUT2D eigenvalue weighted by Gasteiger charge is 2.46. The zero-order valence-electron chi connectivity index (χ0n) is 13.9. The van der Waals surface area contributed by atoms with E-state index in [1.165, 1.54) is 0 Å². The topological polar surface area (TPSA) is 44.4 Å². The maximum atomic E-state index is 13.2. The number of hydrogen-bond acceptors (Lipinski definition) is 3. The molecule has 2 aliphatic heterocycles. The molecule has 1 amide bonds. The van der Waals surface area contributed by atoms with Crippen LogP contribution in [-0.2, 0) is 4.79 Å².